The molecule has 1 aliphatic rings. The first-order valence-corrected chi connectivity index (χ1v) is 7.79. The van der Waals surface area contributed by atoms with Crippen LogP contribution >= 0.6 is 23.2 Å². The van der Waals surface area contributed by atoms with E-state index in [1.807, 2.05) is 12.1 Å². The van der Waals surface area contributed by atoms with Gasteiger partial charge in [-0.15, -0.1) is 0 Å². The van der Waals surface area contributed by atoms with E-state index in [1.54, 1.807) is 6.07 Å². The van der Waals surface area contributed by atoms with Crippen LogP contribution in [0.3, 0.4) is 0 Å². The number of rotatable bonds is 8. The van der Waals surface area contributed by atoms with Crippen molar-refractivity contribution in [2.24, 2.45) is 5.92 Å². The maximum absolute atomic E-state index is 12.0. The van der Waals surface area contributed by atoms with E-state index < -0.39 is 0 Å². The zero-order chi connectivity index (χ0) is 15.2. The molecule has 0 heterocycles. The van der Waals surface area contributed by atoms with Gasteiger partial charge in [0.1, 0.15) is 0 Å². The molecule has 0 saturated heterocycles. The van der Waals surface area contributed by atoms with Crippen molar-refractivity contribution in [1.29, 1.82) is 0 Å². The van der Waals surface area contributed by atoms with Gasteiger partial charge in [-0.05, 0) is 42.5 Å². The van der Waals surface area contributed by atoms with E-state index >= 15 is 0 Å². The van der Waals surface area contributed by atoms with Gasteiger partial charge in [-0.2, -0.15) is 0 Å². The van der Waals surface area contributed by atoms with E-state index in [0.717, 1.165) is 18.4 Å². The van der Waals surface area contributed by atoms with E-state index in [-0.39, 0.29) is 24.3 Å². The molecule has 1 aliphatic carbocycles. The summed E-state index contributed by atoms with van der Waals surface area (Å²) in [5.41, 5.74) is 1.03. The van der Waals surface area contributed by atoms with Gasteiger partial charge in [0, 0.05) is 29.1 Å². The zero-order valence-corrected chi connectivity index (χ0v) is 13.2. The van der Waals surface area contributed by atoms with Crippen LogP contribution in [-0.4, -0.2) is 37.4 Å². The molecule has 0 aliphatic heterocycles. The van der Waals surface area contributed by atoms with E-state index in [9.17, 15) is 4.79 Å². The molecular formula is C15H19Cl2NO3. The molecule has 2 rings (SSSR count). The number of aliphatic hydroxyl groups excluding tert-OH is 1. The minimum Gasteiger partial charge on any atom is -0.394 e. The van der Waals surface area contributed by atoms with E-state index in [4.69, 9.17) is 33.0 Å². The third-order valence-electron chi connectivity index (χ3n) is 3.44. The summed E-state index contributed by atoms with van der Waals surface area (Å²) >= 11 is 12.0. The molecule has 6 heteroatoms. The Hall–Kier alpha value is -0.810. The first kappa shape index (κ1) is 16.6. The fourth-order valence-electron chi connectivity index (χ4n) is 2.33. The van der Waals surface area contributed by atoms with Crippen molar-refractivity contribution in [2.75, 3.05) is 26.4 Å². The molecule has 2 unspecified atom stereocenters. The van der Waals surface area contributed by atoms with Gasteiger partial charge in [0.25, 0.3) is 0 Å². The number of halogens is 2. The molecular weight excluding hydrogens is 313 g/mol. The summed E-state index contributed by atoms with van der Waals surface area (Å²) in [6.45, 7) is 1.50. The van der Waals surface area contributed by atoms with E-state index in [0.29, 0.717) is 29.8 Å². The van der Waals surface area contributed by atoms with Gasteiger partial charge in [0.15, 0.2) is 0 Å². The molecule has 116 valence electrons. The van der Waals surface area contributed by atoms with Crippen molar-refractivity contribution >= 4 is 29.1 Å². The number of carbonyl (C=O) groups is 1. The average Bonchev–Trinajstić information content (AvgIpc) is 3.22. The van der Waals surface area contributed by atoms with Crippen LogP contribution in [0.5, 0.6) is 0 Å². The summed E-state index contributed by atoms with van der Waals surface area (Å²) in [5.74, 6) is 0.294. The van der Waals surface area contributed by atoms with E-state index in [1.165, 1.54) is 0 Å². The van der Waals surface area contributed by atoms with Crippen molar-refractivity contribution in [2.45, 2.75) is 18.8 Å². The summed E-state index contributed by atoms with van der Waals surface area (Å²) in [6, 6.07) is 5.43. The predicted molar refractivity (Wildman–Crippen MR) is 82.8 cm³/mol. The monoisotopic (exact) mass is 331 g/mol. The maximum atomic E-state index is 12.0. The molecule has 0 radical (unpaired) electrons. The van der Waals surface area contributed by atoms with Crippen LogP contribution in [0.4, 0.5) is 0 Å². The SMILES string of the molecule is O=C(NCCCOCCO)C1CC1c1cc(Cl)cc(Cl)c1. The summed E-state index contributed by atoms with van der Waals surface area (Å²) in [4.78, 5) is 12.0. The molecule has 1 fully saturated rings. The molecule has 21 heavy (non-hydrogen) atoms. The zero-order valence-electron chi connectivity index (χ0n) is 11.6. The van der Waals surface area contributed by atoms with Gasteiger partial charge in [-0.25, -0.2) is 0 Å². The number of amides is 1. The van der Waals surface area contributed by atoms with Crippen molar-refractivity contribution in [3.63, 3.8) is 0 Å². The molecule has 0 aromatic heterocycles. The third-order valence-corrected chi connectivity index (χ3v) is 3.88. The Bertz CT molecular complexity index is 476. The van der Waals surface area contributed by atoms with Crippen LogP contribution in [0.25, 0.3) is 0 Å². The highest BCUT2D eigenvalue weighted by Crippen LogP contribution is 2.48. The lowest BCUT2D eigenvalue weighted by atomic mass is 10.1. The molecule has 0 spiro atoms. The summed E-state index contributed by atoms with van der Waals surface area (Å²) in [6.07, 6.45) is 1.58. The van der Waals surface area contributed by atoms with Crippen LogP contribution in [0.1, 0.15) is 24.3 Å². The lowest BCUT2D eigenvalue weighted by Crippen LogP contribution is -2.27. The lowest BCUT2D eigenvalue weighted by molar-refractivity contribution is -0.122. The molecule has 2 atom stereocenters. The van der Waals surface area contributed by atoms with Crippen molar-refractivity contribution in [3.05, 3.63) is 33.8 Å². The molecule has 1 aromatic rings. The maximum Gasteiger partial charge on any atom is 0.223 e. The van der Waals surface area contributed by atoms with Crippen LogP contribution in [0.2, 0.25) is 10.0 Å². The second kappa shape index (κ2) is 7.99. The topological polar surface area (TPSA) is 58.6 Å². The number of nitrogens with one attached hydrogen (secondary N) is 1. The summed E-state index contributed by atoms with van der Waals surface area (Å²) < 4.78 is 5.13. The van der Waals surface area contributed by atoms with Crippen LogP contribution in [-0.2, 0) is 9.53 Å². The third kappa shape index (κ3) is 5.15. The minimum absolute atomic E-state index is 0.0119. The van der Waals surface area contributed by atoms with Crippen LogP contribution in [0, 0.1) is 5.92 Å². The Kier molecular flexibility index (Phi) is 6.30. The first-order valence-electron chi connectivity index (χ1n) is 7.04. The molecule has 4 nitrogen and oxygen atoms in total. The van der Waals surface area contributed by atoms with Crippen molar-refractivity contribution in [1.82, 2.24) is 5.32 Å². The fraction of sp³-hybridized carbons (Fsp3) is 0.533. The van der Waals surface area contributed by atoms with Crippen molar-refractivity contribution in [3.8, 4) is 0 Å². The molecule has 1 amide bonds. The Balaban J connectivity index is 1.71. The minimum atomic E-state index is 0.0119. The number of ether oxygens (including phenoxy) is 1. The van der Waals surface area contributed by atoms with Gasteiger partial charge in [0.2, 0.25) is 5.91 Å². The highest BCUT2D eigenvalue weighted by molar-refractivity contribution is 6.34. The second-order valence-corrected chi connectivity index (χ2v) is 6.00. The average molecular weight is 332 g/mol. The quantitative estimate of drug-likeness (QED) is 0.720. The number of hydrogen-bond acceptors (Lipinski definition) is 3. The molecule has 1 saturated carbocycles. The number of carbonyl (C=O) groups excluding carboxylic acids is 1. The van der Waals surface area contributed by atoms with Gasteiger partial charge in [-0.3, -0.25) is 4.79 Å². The molecule has 0 bridgehead atoms. The highest BCUT2D eigenvalue weighted by atomic mass is 35.5. The summed E-state index contributed by atoms with van der Waals surface area (Å²) in [5, 5.41) is 12.7. The Labute approximate surface area is 134 Å². The van der Waals surface area contributed by atoms with Gasteiger partial charge in [0.05, 0.1) is 13.2 Å². The molecule has 1 aromatic carbocycles. The molecule has 2 N–H and O–H groups in total. The fourth-order valence-corrected chi connectivity index (χ4v) is 2.87. The number of aliphatic hydroxyl groups is 1. The summed E-state index contributed by atoms with van der Waals surface area (Å²) in [7, 11) is 0. The number of hydrogen-bond donors (Lipinski definition) is 2. The smallest absolute Gasteiger partial charge is 0.223 e. The first-order chi connectivity index (χ1) is 10.1. The van der Waals surface area contributed by atoms with Gasteiger partial charge in [-0.1, -0.05) is 23.2 Å². The van der Waals surface area contributed by atoms with Crippen LogP contribution < -0.4 is 5.32 Å². The Morgan fingerprint density at radius 3 is 2.67 bits per heavy atom. The number of benzene rings is 1. The van der Waals surface area contributed by atoms with Gasteiger partial charge >= 0.3 is 0 Å². The highest BCUT2D eigenvalue weighted by Gasteiger charge is 2.43. The predicted octanol–water partition coefficient (Wildman–Crippen LogP) is 2.61. The van der Waals surface area contributed by atoms with Gasteiger partial charge < -0.3 is 15.2 Å². The van der Waals surface area contributed by atoms with E-state index in [2.05, 4.69) is 5.32 Å². The normalized spacial score (nSPS) is 20.3. The standard InChI is InChI=1S/C15H19Cl2NO3/c16-11-6-10(7-12(17)8-11)13-9-14(13)15(20)18-2-1-4-21-5-3-19/h6-8,13-14,19H,1-5,9H2,(H,18,20). The largest absolute Gasteiger partial charge is 0.394 e. The lowest BCUT2D eigenvalue weighted by Gasteiger charge is -2.06. The Morgan fingerprint density at radius 2 is 2.00 bits per heavy atom. The second-order valence-electron chi connectivity index (χ2n) is 5.13. The van der Waals surface area contributed by atoms with Crippen LogP contribution in [0.15, 0.2) is 18.2 Å². The van der Waals surface area contributed by atoms with Crippen molar-refractivity contribution < 1.29 is 14.6 Å². The Morgan fingerprint density at radius 1 is 1.29 bits per heavy atom.